The molecular weight excluding hydrogens is 316 g/mol. The summed E-state index contributed by atoms with van der Waals surface area (Å²) in [4.78, 5) is 28.1. The van der Waals surface area contributed by atoms with Gasteiger partial charge >= 0.3 is 5.97 Å². The standard InChI is InChI=1S/C20H28N2O3/c23-19(24)14-16-6-4-11-22(12-8-16)20(25)18-7-3-5-17(13-18)15-21-9-1-2-10-21/h3,5,7,13,16H,1-2,4,6,8-12,14-15H2,(H,23,24). The molecule has 1 unspecified atom stereocenters. The number of carboxylic acids is 1. The Hall–Kier alpha value is -1.88. The fraction of sp³-hybridized carbons (Fsp3) is 0.600. The summed E-state index contributed by atoms with van der Waals surface area (Å²) in [6.45, 7) is 4.60. The van der Waals surface area contributed by atoms with Gasteiger partial charge in [0.2, 0.25) is 0 Å². The van der Waals surface area contributed by atoms with Gasteiger partial charge in [-0.2, -0.15) is 0 Å². The average Bonchev–Trinajstić information content (AvgIpc) is 2.99. The van der Waals surface area contributed by atoms with E-state index in [4.69, 9.17) is 5.11 Å². The predicted octanol–water partition coefficient (Wildman–Crippen LogP) is 3.00. The minimum Gasteiger partial charge on any atom is -0.481 e. The molecule has 136 valence electrons. The van der Waals surface area contributed by atoms with E-state index in [0.717, 1.165) is 51.0 Å². The molecule has 0 saturated carbocycles. The van der Waals surface area contributed by atoms with Crippen LogP contribution in [0.15, 0.2) is 24.3 Å². The highest BCUT2D eigenvalue weighted by Gasteiger charge is 2.23. The van der Waals surface area contributed by atoms with Crippen molar-refractivity contribution in [3.8, 4) is 0 Å². The van der Waals surface area contributed by atoms with Crippen LogP contribution in [0.4, 0.5) is 0 Å². The monoisotopic (exact) mass is 344 g/mol. The van der Waals surface area contributed by atoms with Crippen molar-refractivity contribution in [2.24, 2.45) is 5.92 Å². The summed E-state index contributed by atoms with van der Waals surface area (Å²) in [5, 5.41) is 8.97. The number of rotatable bonds is 5. The average molecular weight is 344 g/mol. The number of carbonyl (C=O) groups excluding carboxylic acids is 1. The Morgan fingerprint density at radius 1 is 1.04 bits per heavy atom. The maximum atomic E-state index is 12.9. The lowest BCUT2D eigenvalue weighted by Gasteiger charge is -2.21. The van der Waals surface area contributed by atoms with Crippen molar-refractivity contribution in [1.82, 2.24) is 9.80 Å². The number of nitrogens with zero attached hydrogens (tertiary/aromatic N) is 2. The molecule has 25 heavy (non-hydrogen) atoms. The SMILES string of the molecule is O=C(O)CC1CCCN(C(=O)c2cccc(CN3CCCC3)c2)CC1. The Labute approximate surface area is 149 Å². The molecule has 0 aliphatic carbocycles. The lowest BCUT2D eigenvalue weighted by Crippen LogP contribution is -2.32. The highest BCUT2D eigenvalue weighted by atomic mass is 16.4. The van der Waals surface area contributed by atoms with Crippen LogP contribution in [0.1, 0.15) is 54.4 Å². The van der Waals surface area contributed by atoms with Crippen LogP contribution in [-0.2, 0) is 11.3 Å². The van der Waals surface area contributed by atoms with Gasteiger partial charge in [-0.05, 0) is 68.8 Å². The molecule has 2 heterocycles. The third-order valence-electron chi connectivity index (χ3n) is 5.38. The molecule has 3 rings (SSSR count). The molecule has 2 aliphatic rings. The molecule has 1 atom stereocenters. The summed E-state index contributed by atoms with van der Waals surface area (Å²) < 4.78 is 0. The number of benzene rings is 1. The summed E-state index contributed by atoms with van der Waals surface area (Å²) in [6, 6.07) is 8.00. The third kappa shape index (κ3) is 5.05. The molecule has 2 aliphatic heterocycles. The fourth-order valence-electron chi connectivity index (χ4n) is 4.00. The molecule has 5 nitrogen and oxygen atoms in total. The van der Waals surface area contributed by atoms with Gasteiger partial charge in [0.15, 0.2) is 0 Å². The van der Waals surface area contributed by atoms with Crippen LogP contribution in [0.25, 0.3) is 0 Å². The quantitative estimate of drug-likeness (QED) is 0.892. The van der Waals surface area contributed by atoms with Gasteiger partial charge in [0.25, 0.3) is 5.91 Å². The highest BCUT2D eigenvalue weighted by Crippen LogP contribution is 2.22. The van der Waals surface area contributed by atoms with E-state index in [1.54, 1.807) is 0 Å². The van der Waals surface area contributed by atoms with Crippen molar-refractivity contribution in [2.45, 2.75) is 45.1 Å². The van der Waals surface area contributed by atoms with E-state index in [2.05, 4.69) is 11.0 Å². The lowest BCUT2D eigenvalue weighted by atomic mass is 9.97. The van der Waals surface area contributed by atoms with Gasteiger partial charge in [0.05, 0.1) is 0 Å². The van der Waals surface area contributed by atoms with Gasteiger partial charge in [-0.3, -0.25) is 14.5 Å². The number of amides is 1. The Morgan fingerprint density at radius 3 is 2.60 bits per heavy atom. The molecule has 0 radical (unpaired) electrons. The zero-order chi connectivity index (χ0) is 17.6. The first-order valence-corrected chi connectivity index (χ1v) is 9.44. The Morgan fingerprint density at radius 2 is 1.84 bits per heavy atom. The van der Waals surface area contributed by atoms with Gasteiger partial charge in [-0.1, -0.05) is 12.1 Å². The number of carboxylic acid groups (broad SMARTS) is 1. The zero-order valence-corrected chi connectivity index (χ0v) is 14.8. The first-order valence-electron chi connectivity index (χ1n) is 9.44. The number of carbonyl (C=O) groups is 2. The Kier molecular flexibility index (Phi) is 6.08. The molecular formula is C20H28N2O3. The number of hydrogen-bond acceptors (Lipinski definition) is 3. The van der Waals surface area contributed by atoms with Crippen LogP contribution in [0.5, 0.6) is 0 Å². The maximum Gasteiger partial charge on any atom is 0.303 e. The molecule has 1 aromatic rings. The summed E-state index contributed by atoms with van der Waals surface area (Å²) in [5.74, 6) is -0.463. The van der Waals surface area contributed by atoms with Crippen molar-refractivity contribution >= 4 is 11.9 Å². The lowest BCUT2D eigenvalue weighted by molar-refractivity contribution is -0.138. The molecule has 1 aromatic carbocycles. The predicted molar refractivity (Wildman–Crippen MR) is 96.5 cm³/mol. The molecule has 5 heteroatoms. The van der Waals surface area contributed by atoms with Crippen LogP contribution >= 0.6 is 0 Å². The van der Waals surface area contributed by atoms with E-state index in [9.17, 15) is 9.59 Å². The minimum atomic E-state index is -0.737. The number of aliphatic carboxylic acids is 1. The highest BCUT2D eigenvalue weighted by molar-refractivity contribution is 5.94. The second-order valence-corrected chi connectivity index (χ2v) is 7.37. The molecule has 1 N–H and O–H groups in total. The van der Waals surface area contributed by atoms with Crippen LogP contribution in [0, 0.1) is 5.92 Å². The van der Waals surface area contributed by atoms with E-state index < -0.39 is 5.97 Å². The van der Waals surface area contributed by atoms with Crippen molar-refractivity contribution in [3.63, 3.8) is 0 Å². The van der Waals surface area contributed by atoms with Crippen LogP contribution in [0.2, 0.25) is 0 Å². The van der Waals surface area contributed by atoms with Crippen molar-refractivity contribution in [2.75, 3.05) is 26.2 Å². The third-order valence-corrected chi connectivity index (χ3v) is 5.38. The Balaban J connectivity index is 1.61. The second kappa shape index (κ2) is 8.48. The summed E-state index contributed by atoms with van der Waals surface area (Å²) in [6.07, 6.45) is 5.31. The largest absolute Gasteiger partial charge is 0.481 e. The molecule has 0 spiro atoms. The van der Waals surface area contributed by atoms with Gasteiger partial charge in [0, 0.05) is 31.6 Å². The van der Waals surface area contributed by atoms with Crippen LogP contribution in [0.3, 0.4) is 0 Å². The van der Waals surface area contributed by atoms with E-state index in [-0.39, 0.29) is 18.2 Å². The van der Waals surface area contributed by atoms with Gasteiger partial charge in [-0.25, -0.2) is 0 Å². The van der Waals surface area contributed by atoms with Gasteiger partial charge < -0.3 is 10.0 Å². The van der Waals surface area contributed by atoms with E-state index >= 15 is 0 Å². The van der Waals surface area contributed by atoms with Gasteiger partial charge in [0.1, 0.15) is 0 Å². The first kappa shape index (κ1) is 17.9. The van der Waals surface area contributed by atoms with Crippen LogP contribution in [-0.4, -0.2) is 53.0 Å². The molecule has 1 amide bonds. The number of hydrogen-bond donors (Lipinski definition) is 1. The second-order valence-electron chi connectivity index (χ2n) is 7.37. The minimum absolute atomic E-state index is 0.0826. The Bertz CT molecular complexity index is 611. The molecule has 2 saturated heterocycles. The van der Waals surface area contributed by atoms with Crippen LogP contribution < -0.4 is 0 Å². The van der Waals surface area contributed by atoms with Gasteiger partial charge in [-0.15, -0.1) is 0 Å². The van der Waals surface area contributed by atoms with Crippen molar-refractivity contribution in [1.29, 1.82) is 0 Å². The van der Waals surface area contributed by atoms with E-state index in [1.165, 1.54) is 18.4 Å². The topological polar surface area (TPSA) is 60.9 Å². The molecule has 0 bridgehead atoms. The normalized spacial score (nSPS) is 21.9. The summed E-state index contributed by atoms with van der Waals surface area (Å²) in [5.41, 5.74) is 1.96. The first-order chi connectivity index (χ1) is 12.1. The molecule has 0 aromatic heterocycles. The maximum absolute atomic E-state index is 12.9. The fourth-order valence-corrected chi connectivity index (χ4v) is 4.00. The zero-order valence-electron chi connectivity index (χ0n) is 14.8. The van der Waals surface area contributed by atoms with E-state index in [1.807, 2.05) is 23.1 Å². The van der Waals surface area contributed by atoms with Crippen molar-refractivity contribution in [3.05, 3.63) is 35.4 Å². The van der Waals surface area contributed by atoms with E-state index in [0.29, 0.717) is 6.54 Å². The van der Waals surface area contributed by atoms with Crippen molar-refractivity contribution < 1.29 is 14.7 Å². The molecule has 2 fully saturated rings. The summed E-state index contributed by atoms with van der Waals surface area (Å²) >= 11 is 0. The smallest absolute Gasteiger partial charge is 0.303 e. The summed E-state index contributed by atoms with van der Waals surface area (Å²) in [7, 11) is 0. The number of likely N-dealkylation sites (tertiary alicyclic amines) is 2.